The van der Waals surface area contributed by atoms with E-state index < -0.39 is 34.8 Å². The molecule has 40 heavy (non-hydrogen) atoms. The fraction of sp³-hybridized carbons (Fsp3) is 0.280. The van der Waals surface area contributed by atoms with Gasteiger partial charge in [-0.1, -0.05) is 11.6 Å². The molecule has 0 unspecified atom stereocenters. The molecule has 0 aliphatic carbocycles. The molecule has 15 heteroatoms. The van der Waals surface area contributed by atoms with E-state index in [-0.39, 0.29) is 59.8 Å². The van der Waals surface area contributed by atoms with Gasteiger partial charge < -0.3 is 20.1 Å². The lowest BCUT2D eigenvalue weighted by Gasteiger charge is -2.21. The van der Waals surface area contributed by atoms with Crippen LogP contribution in [-0.4, -0.2) is 53.3 Å². The van der Waals surface area contributed by atoms with Crippen LogP contribution in [-0.2, 0) is 22.3 Å². The van der Waals surface area contributed by atoms with Gasteiger partial charge in [-0.25, -0.2) is 19.4 Å². The maximum absolute atomic E-state index is 13.4. The van der Waals surface area contributed by atoms with Crippen LogP contribution in [0, 0.1) is 11.2 Å². The number of aromatic nitrogens is 3. The fourth-order valence-corrected chi connectivity index (χ4v) is 3.96. The van der Waals surface area contributed by atoms with Crippen LogP contribution in [0.2, 0.25) is 5.02 Å². The molecule has 1 saturated heterocycles. The van der Waals surface area contributed by atoms with Crippen molar-refractivity contribution >= 4 is 41.0 Å². The van der Waals surface area contributed by atoms with Gasteiger partial charge in [0.25, 0.3) is 5.91 Å². The Morgan fingerprint density at radius 3 is 2.58 bits per heavy atom. The van der Waals surface area contributed by atoms with Crippen molar-refractivity contribution in [2.75, 3.05) is 25.6 Å². The molecule has 0 spiro atoms. The fourth-order valence-electron chi connectivity index (χ4n) is 3.73. The minimum absolute atomic E-state index is 0.0159. The average Bonchev–Trinajstić information content (AvgIpc) is 3.42. The van der Waals surface area contributed by atoms with Gasteiger partial charge in [0.15, 0.2) is 0 Å². The maximum atomic E-state index is 13.4. The Morgan fingerprint density at radius 1 is 1.20 bits per heavy atom. The molecule has 1 fully saturated rings. The van der Waals surface area contributed by atoms with Gasteiger partial charge in [0, 0.05) is 25.2 Å². The standard InChI is InChI=1S/C25H21ClF4N6O4/c1-39-23-33-8-14(9-34-23)21(37)35-12-24(4-5-40-13-24)22(38)32-11-20-18(26)7-16(10-31-20)36-19-3-2-15(27)6-17(19)25(28,29)30/h2-3,6-10,12,36H,4-5,11,13H2,1H3,(H,32,38)/t24-/m0/s1. The van der Waals surface area contributed by atoms with E-state index in [1.165, 1.54) is 38.0 Å². The van der Waals surface area contributed by atoms with Crippen LogP contribution >= 0.6 is 11.6 Å². The predicted octanol–water partition coefficient (Wildman–Crippen LogP) is 4.37. The van der Waals surface area contributed by atoms with E-state index in [2.05, 4.69) is 30.6 Å². The number of pyridine rings is 1. The van der Waals surface area contributed by atoms with E-state index >= 15 is 0 Å². The molecule has 2 amide bonds. The van der Waals surface area contributed by atoms with Crippen LogP contribution < -0.4 is 15.4 Å². The number of aliphatic imine (C=N–C) groups is 1. The Bertz CT molecular complexity index is 1430. The number of benzene rings is 1. The molecule has 3 aromatic rings. The number of ether oxygens (including phenoxy) is 2. The van der Waals surface area contributed by atoms with E-state index in [1.807, 2.05) is 0 Å². The van der Waals surface area contributed by atoms with Gasteiger partial charge in [-0.05, 0) is 30.7 Å². The van der Waals surface area contributed by atoms with Crippen molar-refractivity contribution in [3.8, 4) is 6.01 Å². The Morgan fingerprint density at radius 2 is 1.95 bits per heavy atom. The van der Waals surface area contributed by atoms with Gasteiger partial charge in [0.2, 0.25) is 5.91 Å². The smallest absolute Gasteiger partial charge is 0.418 e. The summed E-state index contributed by atoms with van der Waals surface area (Å²) in [7, 11) is 1.38. The third-order valence-corrected chi connectivity index (χ3v) is 6.22. The lowest BCUT2D eigenvalue weighted by atomic mass is 9.87. The number of carbonyl (C=O) groups is 2. The summed E-state index contributed by atoms with van der Waals surface area (Å²) < 4.78 is 63.5. The summed E-state index contributed by atoms with van der Waals surface area (Å²) in [6.07, 6.45) is 0.415. The number of carbonyl (C=O) groups excluding carboxylic acids is 2. The monoisotopic (exact) mass is 580 g/mol. The summed E-state index contributed by atoms with van der Waals surface area (Å²) in [6.45, 7) is 0.123. The second-order valence-corrected chi connectivity index (χ2v) is 9.04. The van der Waals surface area contributed by atoms with Gasteiger partial charge in [0.1, 0.15) is 11.2 Å². The number of halogens is 5. The van der Waals surface area contributed by atoms with E-state index in [4.69, 9.17) is 21.1 Å². The van der Waals surface area contributed by atoms with Crippen LogP contribution in [0.15, 0.2) is 47.8 Å². The first-order chi connectivity index (χ1) is 19.0. The van der Waals surface area contributed by atoms with Crippen molar-refractivity contribution < 1.29 is 36.6 Å². The van der Waals surface area contributed by atoms with Crippen LogP contribution in [0.3, 0.4) is 0 Å². The Balaban J connectivity index is 1.43. The minimum atomic E-state index is -4.79. The zero-order chi connectivity index (χ0) is 28.9. The zero-order valence-corrected chi connectivity index (χ0v) is 21.5. The highest BCUT2D eigenvalue weighted by atomic mass is 35.5. The summed E-state index contributed by atoms with van der Waals surface area (Å²) in [5, 5.41) is 5.28. The second-order valence-electron chi connectivity index (χ2n) is 8.63. The number of rotatable bonds is 8. The maximum Gasteiger partial charge on any atom is 0.418 e. The number of anilines is 2. The molecule has 1 atom stereocenters. The molecule has 10 nitrogen and oxygen atoms in total. The summed E-state index contributed by atoms with van der Waals surface area (Å²) in [4.78, 5) is 41.3. The van der Waals surface area contributed by atoms with Crippen molar-refractivity contribution in [3.63, 3.8) is 0 Å². The lowest BCUT2D eigenvalue weighted by Crippen LogP contribution is -2.42. The van der Waals surface area contributed by atoms with E-state index in [1.54, 1.807) is 0 Å². The predicted molar refractivity (Wildman–Crippen MR) is 135 cm³/mol. The van der Waals surface area contributed by atoms with Gasteiger partial charge in [-0.3, -0.25) is 14.6 Å². The highest BCUT2D eigenvalue weighted by molar-refractivity contribution is 6.31. The number of nitrogens with one attached hydrogen (secondary N) is 2. The van der Waals surface area contributed by atoms with Gasteiger partial charge in [-0.2, -0.15) is 13.2 Å². The number of nitrogens with zero attached hydrogens (tertiary/aromatic N) is 4. The van der Waals surface area contributed by atoms with Crippen LogP contribution in [0.1, 0.15) is 28.0 Å². The molecule has 2 N–H and O–H groups in total. The number of hydrogen-bond donors (Lipinski definition) is 2. The summed E-state index contributed by atoms with van der Waals surface area (Å²) in [6, 6.07) is 3.63. The summed E-state index contributed by atoms with van der Waals surface area (Å²) in [5.74, 6) is -2.19. The molecule has 1 aliphatic heterocycles. The molecular weight excluding hydrogens is 560 g/mol. The Labute approximate surface area is 229 Å². The first-order valence-corrected chi connectivity index (χ1v) is 12.0. The highest BCUT2D eigenvalue weighted by Gasteiger charge is 2.41. The minimum Gasteiger partial charge on any atom is -0.467 e. The molecule has 2 aromatic heterocycles. The van der Waals surface area contributed by atoms with E-state index in [0.29, 0.717) is 6.07 Å². The van der Waals surface area contributed by atoms with E-state index in [0.717, 1.165) is 12.1 Å². The van der Waals surface area contributed by atoms with Gasteiger partial charge in [0.05, 0.1) is 59.7 Å². The third kappa shape index (κ3) is 6.69. The first kappa shape index (κ1) is 28.8. The zero-order valence-electron chi connectivity index (χ0n) is 20.8. The summed E-state index contributed by atoms with van der Waals surface area (Å²) >= 11 is 6.27. The molecule has 0 saturated carbocycles. The van der Waals surface area contributed by atoms with E-state index in [9.17, 15) is 27.2 Å². The number of methoxy groups -OCH3 is 1. The Hall–Kier alpha value is -4.17. The number of alkyl halides is 3. The molecule has 210 valence electrons. The van der Waals surface area contributed by atoms with Gasteiger partial charge >= 0.3 is 12.2 Å². The average molecular weight is 581 g/mol. The molecular formula is C25H21ClF4N6O4. The van der Waals surface area contributed by atoms with Crippen LogP contribution in [0.25, 0.3) is 0 Å². The second kappa shape index (κ2) is 11.9. The molecule has 1 aliphatic rings. The van der Waals surface area contributed by atoms with Crippen molar-refractivity contribution in [1.29, 1.82) is 0 Å². The lowest BCUT2D eigenvalue weighted by molar-refractivity contribution is -0.137. The molecule has 3 heterocycles. The van der Waals surface area contributed by atoms with Crippen molar-refractivity contribution in [3.05, 3.63) is 70.5 Å². The molecule has 4 rings (SSSR count). The number of hydrogen-bond acceptors (Lipinski definition) is 8. The SMILES string of the molecule is COc1ncc(C(=O)N=C[C@@]2(C(=O)NCc3ncc(Nc4ccc(F)cc4C(F)(F)F)cc3Cl)CCOC2)cn1. The molecule has 0 bridgehead atoms. The molecule has 1 aromatic carbocycles. The summed E-state index contributed by atoms with van der Waals surface area (Å²) in [5.41, 5.74) is -2.36. The van der Waals surface area contributed by atoms with Crippen molar-refractivity contribution in [2.24, 2.45) is 10.4 Å². The van der Waals surface area contributed by atoms with Gasteiger partial charge in [-0.15, -0.1) is 0 Å². The Kier molecular flexibility index (Phi) is 8.59. The molecule has 0 radical (unpaired) electrons. The largest absolute Gasteiger partial charge is 0.467 e. The normalized spacial score (nSPS) is 17.1. The van der Waals surface area contributed by atoms with Crippen molar-refractivity contribution in [1.82, 2.24) is 20.3 Å². The third-order valence-electron chi connectivity index (χ3n) is 5.89. The van der Waals surface area contributed by atoms with Crippen molar-refractivity contribution in [2.45, 2.75) is 19.1 Å². The number of amides is 2. The first-order valence-electron chi connectivity index (χ1n) is 11.6. The van der Waals surface area contributed by atoms with Crippen LogP contribution in [0.4, 0.5) is 28.9 Å². The van der Waals surface area contributed by atoms with Crippen LogP contribution in [0.5, 0.6) is 6.01 Å². The highest BCUT2D eigenvalue weighted by Crippen LogP contribution is 2.37. The quantitative estimate of drug-likeness (QED) is 0.297. The topological polar surface area (TPSA) is 128 Å².